The smallest absolute Gasteiger partial charge is 0.285 e. The van der Waals surface area contributed by atoms with Gasteiger partial charge in [-0.1, -0.05) is 0 Å². The zero-order valence-electron chi connectivity index (χ0n) is 14.6. The minimum Gasteiger partial charge on any atom is -0.337 e. The maximum absolute atomic E-state index is 13.1. The molecule has 1 saturated heterocycles. The van der Waals surface area contributed by atoms with Crippen LogP contribution in [0, 0.1) is 6.92 Å². The molecule has 1 atom stereocenters. The first kappa shape index (κ1) is 15.4. The molecule has 0 aromatic carbocycles. The van der Waals surface area contributed by atoms with E-state index in [9.17, 15) is 9.59 Å². The van der Waals surface area contributed by atoms with Gasteiger partial charge < -0.3 is 4.90 Å². The highest BCUT2D eigenvalue weighted by Gasteiger charge is 2.44. The summed E-state index contributed by atoms with van der Waals surface area (Å²) >= 11 is 0. The number of hydrogen-bond donors (Lipinski definition) is 2. The summed E-state index contributed by atoms with van der Waals surface area (Å²) in [6.45, 7) is 3.13. The van der Waals surface area contributed by atoms with E-state index in [1.165, 1.54) is 22.0 Å². The van der Waals surface area contributed by atoms with Gasteiger partial charge in [-0.3, -0.25) is 19.8 Å². The number of fused-ring (bicyclic) bond motifs is 3. The molecular formula is C18H20N6O2. The average Bonchev–Trinajstić information content (AvgIpc) is 3.32. The fourth-order valence-corrected chi connectivity index (χ4v) is 4.57. The summed E-state index contributed by atoms with van der Waals surface area (Å²) < 4.78 is 1.34. The number of carbonyl (C=O) groups excluding carboxylic acids is 1. The highest BCUT2D eigenvalue weighted by atomic mass is 16.2. The zero-order valence-corrected chi connectivity index (χ0v) is 14.6. The van der Waals surface area contributed by atoms with Crippen LogP contribution in [0.4, 0.5) is 0 Å². The van der Waals surface area contributed by atoms with Gasteiger partial charge in [0.25, 0.3) is 11.5 Å². The largest absolute Gasteiger partial charge is 0.337 e. The van der Waals surface area contributed by atoms with Gasteiger partial charge in [-0.2, -0.15) is 5.10 Å². The number of aromatic amines is 2. The van der Waals surface area contributed by atoms with Crippen molar-refractivity contribution in [1.29, 1.82) is 0 Å². The molecule has 1 spiro atoms. The number of piperidine rings is 1. The number of likely N-dealkylation sites (tertiary alicyclic amines) is 1. The van der Waals surface area contributed by atoms with Crippen molar-refractivity contribution in [1.82, 2.24) is 29.7 Å². The Kier molecular flexibility index (Phi) is 3.13. The number of carbonyl (C=O) groups is 1. The predicted octanol–water partition coefficient (Wildman–Crippen LogP) is 1.17. The van der Waals surface area contributed by atoms with E-state index in [0.29, 0.717) is 18.7 Å². The summed E-state index contributed by atoms with van der Waals surface area (Å²) in [6.07, 6.45) is 7.27. The van der Waals surface area contributed by atoms with E-state index < -0.39 is 0 Å². The lowest BCUT2D eigenvalue weighted by Gasteiger charge is -2.40. The average molecular weight is 352 g/mol. The maximum Gasteiger partial charge on any atom is 0.285 e. The molecule has 1 unspecified atom stereocenters. The summed E-state index contributed by atoms with van der Waals surface area (Å²) in [7, 11) is 0. The Bertz CT molecular complexity index is 1080. The molecule has 0 radical (unpaired) electrons. The Morgan fingerprint density at radius 1 is 1.31 bits per heavy atom. The zero-order chi connectivity index (χ0) is 17.9. The van der Waals surface area contributed by atoms with Crippen LogP contribution in [0.2, 0.25) is 0 Å². The molecule has 4 heterocycles. The van der Waals surface area contributed by atoms with Gasteiger partial charge in [-0.25, -0.2) is 9.50 Å². The Morgan fingerprint density at radius 3 is 3.08 bits per heavy atom. The first-order chi connectivity index (χ1) is 12.6. The van der Waals surface area contributed by atoms with E-state index in [2.05, 4.69) is 20.3 Å². The van der Waals surface area contributed by atoms with Crippen LogP contribution in [-0.4, -0.2) is 48.7 Å². The fourth-order valence-electron chi connectivity index (χ4n) is 4.57. The number of rotatable bonds is 1. The van der Waals surface area contributed by atoms with Crippen molar-refractivity contribution < 1.29 is 4.79 Å². The van der Waals surface area contributed by atoms with Gasteiger partial charge >= 0.3 is 0 Å². The Balaban J connectivity index is 1.50. The number of amides is 1. The van der Waals surface area contributed by atoms with E-state index >= 15 is 0 Å². The number of nitrogens with zero attached hydrogens (tertiary/aromatic N) is 4. The topological polar surface area (TPSA) is 99.2 Å². The number of aryl methyl sites for hydroxylation is 2. The van der Waals surface area contributed by atoms with Crippen molar-refractivity contribution in [3.63, 3.8) is 0 Å². The van der Waals surface area contributed by atoms with Crippen LogP contribution in [0.1, 0.15) is 46.6 Å². The van der Waals surface area contributed by atoms with Gasteiger partial charge in [0.2, 0.25) is 0 Å². The van der Waals surface area contributed by atoms with E-state index in [4.69, 9.17) is 0 Å². The minimum atomic E-state index is -0.346. The Hall–Kier alpha value is -2.90. The normalized spacial score (nSPS) is 22.3. The molecule has 134 valence electrons. The molecule has 3 aromatic heterocycles. The van der Waals surface area contributed by atoms with Crippen molar-refractivity contribution in [3.8, 4) is 0 Å². The maximum atomic E-state index is 13.1. The molecule has 2 N–H and O–H groups in total. The third kappa shape index (κ3) is 2.07. The molecule has 8 heteroatoms. The number of aromatic nitrogens is 5. The lowest BCUT2D eigenvalue weighted by Crippen LogP contribution is -2.49. The quantitative estimate of drug-likeness (QED) is 0.687. The molecule has 1 fully saturated rings. The molecule has 1 aliphatic carbocycles. The summed E-state index contributed by atoms with van der Waals surface area (Å²) in [5.74, 6) is -0.240. The van der Waals surface area contributed by atoms with Crippen LogP contribution in [-0.2, 0) is 11.8 Å². The van der Waals surface area contributed by atoms with Crippen molar-refractivity contribution in [3.05, 3.63) is 51.3 Å². The monoisotopic (exact) mass is 352 g/mol. The van der Waals surface area contributed by atoms with Crippen LogP contribution < -0.4 is 5.56 Å². The summed E-state index contributed by atoms with van der Waals surface area (Å²) in [5.41, 5.74) is 3.48. The van der Waals surface area contributed by atoms with Crippen molar-refractivity contribution in [2.75, 3.05) is 13.1 Å². The third-order valence-electron chi connectivity index (χ3n) is 5.84. The molecule has 8 nitrogen and oxygen atoms in total. The molecule has 0 bridgehead atoms. The highest BCUT2D eigenvalue weighted by Crippen LogP contribution is 2.43. The summed E-state index contributed by atoms with van der Waals surface area (Å²) in [4.78, 5) is 31.9. The van der Waals surface area contributed by atoms with Crippen LogP contribution in [0.15, 0.2) is 23.3 Å². The third-order valence-corrected chi connectivity index (χ3v) is 5.84. The van der Waals surface area contributed by atoms with Gasteiger partial charge in [0, 0.05) is 42.2 Å². The Morgan fingerprint density at radius 2 is 2.19 bits per heavy atom. The van der Waals surface area contributed by atoms with Crippen molar-refractivity contribution >= 4 is 11.6 Å². The second kappa shape index (κ2) is 5.30. The SMILES string of the molecule is Cc1cc2ncc(C(=O)N3CCCC4(CCc5cn[nH]c54)C3)c(=O)n2[nH]1. The molecule has 26 heavy (non-hydrogen) atoms. The number of hydrogen-bond acceptors (Lipinski definition) is 4. The predicted molar refractivity (Wildman–Crippen MR) is 94.3 cm³/mol. The van der Waals surface area contributed by atoms with Crippen LogP contribution >= 0.6 is 0 Å². The van der Waals surface area contributed by atoms with E-state index in [1.807, 2.05) is 13.1 Å². The standard InChI is InChI=1S/C18H20N6O2/c1-11-7-14-19-9-13(17(26)24(14)22-11)16(25)23-6-2-4-18(10-23)5-3-12-8-20-21-15(12)18/h7-9,22H,2-6,10H2,1H3,(H,20,21). The molecular weight excluding hydrogens is 332 g/mol. The van der Waals surface area contributed by atoms with E-state index in [-0.39, 0.29) is 22.4 Å². The van der Waals surface area contributed by atoms with E-state index in [1.54, 1.807) is 11.0 Å². The molecule has 3 aromatic rings. The molecule has 0 saturated carbocycles. The van der Waals surface area contributed by atoms with Gasteiger partial charge in [0.1, 0.15) is 5.56 Å². The second-order valence-electron chi connectivity index (χ2n) is 7.49. The van der Waals surface area contributed by atoms with Crippen molar-refractivity contribution in [2.45, 2.75) is 38.0 Å². The number of nitrogens with one attached hydrogen (secondary N) is 2. The van der Waals surface area contributed by atoms with Crippen LogP contribution in [0.3, 0.4) is 0 Å². The van der Waals surface area contributed by atoms with Gasteiger partial charge in [0.05, 0.1) is 6.20 Å². The van der Waals surface area contributed by atoms with Gasteiger partial charge in [-0.15, -0.1) is 0 Å². The van der Waals surface area contributed by atoms with Gasteiger partial charge in [-0.05, 0) is 38.2 Å². The summed E-state index contributed by atoms with van der Waals surface area (Å²) in [5, 5.41) is 10.3. The molecule has 2 aliphatic rings. The van der Waals surface area contributed by atoms with Crippen molar-refractivity contribution in [2.24, 2.45) is 0 Å². The fraction of sp³-hybridized carbons (Fsp3) is 0.444. The molecule has 5 rings (SSSR count). The lowest BCUT2D eigenvalue weighted by molar-refractivity contribution is 0.0630. The Labute approximate surface area is 149 Å². The van der Waals surface area contributed by atoms with Crippen LogP contribution in [0.25, 0.3) is 5.65 Å². The number of H-pyrrole nitrogens is 2. The van der Waals surface area contributed by atoms with Gasteiger partial charge in [0.15, 0.2) is 5.65 Å². The second-order valence-corrected chi connectivity index (χ2v) is 7.49. The lowest BCUT2D eigenvalue weighted by atomic mass is 9.77. The molecule has 1 amide bonds. The molecule has 1 aliphatic heterocycles. The summed E-state index contributed by atoms with van der Waals surface area (Å²) in [6, 6.07) is 1.78. The first-order valence-corrected chi connectivity index (χ1v) is 8.97. The minimum absolute atomic E-state index is 0.0590. The van der Waals surface area contributed by atoms with Crippen LogP contribution in [0.5, 0.6) is 0 Å². The highest BCUT2D eigenvalue weighted by molar-refractivity contribution is 5.94. The first-order valence-electron chi connectivity index (χ1n) is 8.97. The van der Waals surface area contributed by atoms with E-state index in [0.717, 1.165) is 31.4 Å².